The molecule has 2 aliphatic carbocycles. The Bertz CT molecular complexity index is 1630. The summed E-state index contributed by atoms with van der Waals surface area (Å²) in [5, 5.41) is 19.1. The molecule has 4 atom stereocenters. The predicted octanol–water partition coefficient (Wildman–Crippen LogP) is 6.46. The standard InChI is InChI=1S/C30H26N6S4/c1-4-22(38-17(2)20-9-5-7-18(13-20)15-31)25-26(34-37)28(33)30(3,29-27(25)35-40-36-29)24-12-11-23(39-24)21-10-6-8-19(14-21)16-32/h4-10,12-13,21,23,28H,2,11,14,33H2,1,3H3/p+1. The number of quaternary nitrogens is 1. The zero-order chi connectivity index (χ0) is 28.4. The molecule has 2 heterocycles. The first-order chi connectivity index (χ1) is 19.3. The van der Waals surface area contributed by atoms with Crippen molar-refractivity contribution in [2.24, 2.45) is 10.3 Å². The van der Waals surface area contributed by atoms with Gasteiger partial charge in [-0.05, 0) is 61.3 Å². The van der Waals surface area contributed by atoms with Crippen LogP contribution in [0.1, 0.15) is 49.2 Å². The first-order valence-electron chi connectivity index (χ1n) is 12.8. The Balaban J connectivity index is 1.47. The van der Waals surface area contributed by atoms with E-state index in [1.165, 1.54) is 28.4 Å². The Kier molecular flexibility index (Phi) is 8.37. The highest BCUT2D eigenvalue weighted by molar-refractivity contribution is 8.12. The second-order valence-corrected chi connectivity index (χ2v) is 13.1. The average molecular weight is 600 g/mol. The molecule has 3 aliphatic rings. The smallest absolute Gasteiger partial charge is 0.145 e. The summed E-state index contributed by atoms with van der Waals surface area (Å²) in [6, 6.07) is 11.7. The maximum absolute atomic E-state index is 9.41. The zero-order valence-electron chi connectivity index (χ0n) is 22.1. The molecule has 1 aliphatic heterocycles. The second-order valence-electron chi connectivity index (χ2n) is 9.96. The molecule has 10 heteroatoms. The lowest BCUT2D eigenvalue weighted by atomic mass is 9.71. The molecular formula is C30H27N6S4+. The fraction of sp³-hybridized carbons (Fsp3) is 0.267. The van der Waals surface area contributed by atoms with Gasteiger partial charge in [0.15, 0.2) is 0 Å². The predicted molar refractivity (Wildman–Crippen MR) is 167 cm³/mol. The third-order valence-corrected chi connectivity index (χ3v) is 11.3. The Morgan fingerprint density at radius 1 is 1.32 bits per heavy atom. The normalized spacial score (nSPS) is 25.9. The lowest BCUT2D eigenvalue weighted by Crippen LogP contribution is -2.71. The van der Waals surface area contributed by atoms with Crippen LogP contribution in [0.25, 0.3) is 10.5 Å². The van der Waals surface area contributed by atoms with Gasteiger partial charge in [-0.2, -0.15) is 23.6 Å². The highest BCUT2D eigenvalue weighted by Crippen LogP contribution is 2.55. The van der Waals surface area contributed by atoms with Crippen LogP contribution in [-0.2, 0) is 17.8 Å². The molecule has 0 amide bonds. The Hall–Kier alpha value is -3.12. The van der Waals surface area contributed by atoms with Crippen LogP contribution in [0.5, 0.6) is 0 Å². The Morgan fingerprint density at radius 3 is 2.88 bits per heavy atom. The summed E-state index contributed by atoms with van der Waals surface area (Å²) >= 11 is 9.94. The minimum absolute atomic E-state index is 0.281. The lowest BCUT2D eigenvalue weighted by Gasteiger charge is -2.37. The van der Waals surface area contributed by atoms with Gasteiger partial charge in [-0.3, -0.25) is 0 Å². The topological polar surface area (TPSA) is 113 Å². The average Bonchev–Trinajstić information content (AvgIpc) is 3.69. The minimum Gasteiger partial charge on any atom is -0.349 e. The van der Waals surface area contributed by atoms with Crippen LogP contribution in [0.15, 0.2) is 86.7 Å². The van der Waals surface area contributed by atoms with Crippen molar-refractivity contribution < 1.29 is 5.73 Å². The van der Waals surface area contributed by atoms with Crippen LogP contribution in [0.2, 0.25) is 0 Å². The van der Waals surface area contributed by atoms with Crippen LogP contribution < -0.4 is 5.73 Å². The van der Waals surface area contributed by atoms with Crippen molar-refractivity contribution in [3.8, 4) is 12.1 Å². The Labute approximate surface area is 252 Å². The maximum atomic E-state index is 9.41. The molecule has 1 aromatic carbocycles. The van der Waals surface area contributed by atoms with Gasteiger partial charge in [0.25, 0.3) is 0 Å². The third-order valence-electron chi connectivity index (χ3n) is 7.71. The van der Waals surface area contributed by atoms with E-state index < -0.39 is 5.41 Å². The van der Waals surface area contributed by atoms with E-state index in [1.54, 1.807) is 6.07 Å². The van der Waals surface area contributed by atoms with Gasteiger partial charge in [0.2, 0.25) is 0 Å². The molecule has 0 saturated heterocycles. The minimum atomic E-state index is -0.531. The number of aromatic nitrogens is 2. The molecule has 0 saturated carbocycles. The van der Waals surface area contributed by atoms with Crippen LogP contribution in [0.3, 0.4) is 0 Å². The molecular weight excluding hydrogens is 573 g/mol. The molecule has 200 valence electrons. The summed E-state index contributed by atoms with van der Waals surface area (Å²) in [6.45, 7) is 8.45. The van der Waals surface area contributed by atoms with Crippen LogP contribution in [0, 0.1) is 28.6 Å². The highest BCUT2D eigenvalue weighted by Gasteiger charge is 2.53. The molecule has 3 N–H and O–H groups in total. The van der Waals surface area contributed by atoms with E-state index in [-0.39, 0.29) is 6.04 Å². The van der Waals surface area contributed by atoms with Gasteiger partial charge in [-0.25, -0.2) is 0 Å². The number of thioether (sulfide) groups is 2. The number of hydrogen-bond acceptors (Lipinski definition) is 9. The van der Waals surface area contributed by atoms with E-state index in [1.807, 2.05) is 55.1 Å². The number of benzene rings is 1. The summed E-state index contributed by atoms with van der Waals surface area (Å²) in [7, 11) is 0. The van der Waals surface area contributed by atoms with Crippen LogP contribution in [0.4, 0.5) is 0 Å². The van der Waals surface area contributed by atoms with E-state index in [4.69, 9.17) is 21.2 Å². The third kappa shape index (κ3) is 4.96. The quantitative estimate of drug-likeness (QED) is 0.389. The van der Waals surface area contributed by atoms with Gasteiger partial charge in [0, 0.05) is 38.6 Å². The van der Waals surface area contributed by atoms with Gasteiger partial charge >= 0.3 is 0 Å². The van der Waals surface area contributed by atoms with E-state index in [9.17, 15) is 10.5 Å². The molecule has 4 unspecified atom stereocenters. The molecule has 0 spiro atoms. The van der Waals surface area contributed by atoms with Gasteiger partial charge in [-0.1, -0.05) is 54.8 Å². The van der Waals surface area contributed by atoms with Crippen molar-refractivity contribution in [2.75, 3.05) is 0 Å². The number of nitriles is 2. The maximum Gasteiger partial charge on any atom is 0.145 e. The van der Waals surface area contributed by atoms with Crippen molar-refractivity contribution in [3.05, 3.63) is 105 Å². The summed E-state index contributed by atoms with van der Waals surface area (Å²) in [6.07, 6.45) is 12.1. The molecule has 0 radical (unpaired) electrons. The Morgan fingerprint density at radius 2 is 2.15 bits per heavy atom. The first kappa shape index (κ1) is 28.4. The molecule has 5 rings (SSSR count). The molecule has 1 aromatic heterocycles. The number of nitrogens with zero attached hydrogens (tertiary/aromatic N) is 5. The summed E-state index contributed by atoms with van der Waals surface area (Å²) in [4.78, 5) is 2.94. The number of fused-ring (bicyclic) bond motifs is 1. The fourth-order valence-corrected chi connectivity index (χ4v) is 8.76. The second kappa shape index (κ2) is 11.8. The summed E-state index contributed by atoms with van der Waals surface area (Å²) < 4.78 is 14.0. The largest absolute Gasteiger partial charge is 0.349 e. The van der Waals surface area contributed by atoms with Gasteiger partial charge < -0.3 is 5.73 Å². The van der Waals surface area contributed by atoms with E-state index in [0.29, 0.717) is 22.4 Å². The fourth-order valence-electron chi connectivity index (χ4n) is 5.40. The SMILES string of the molecule is C=C(SC(=CC)C1=C(N=S)C([NH3+])C(C)(C2=CCC(C3C=CC=C(C#N)C3)S2)c2nsnc21)c1cccc(C#N)c1. The molecule has 6 nitrogen and oxygen atoms in total. The van der Waals surface area contributed by atoms with Crippen molar-refractivity contribution in [3.63, 3.8) is 0 Å². The van der Waals surface area contributed by atoms with Crippen LogP contribution in [-0.4, -0.2) is 20.0 Å². The monoisotopic (exact) mass is 599 g/mol. The van der Waals surface area contributed by atoms with Crippen LogP contribution >= 0.6 is 35.3 Å². The van der Waals surface area contributed by atoms with Gasteiger partial charge in [0.1, 0.15) is 22.8 Å². The number of rotatable bonds is 7. The van der Waals surface area contributed by atoms with Crippen molar-refractivity contribution in [1.29, 1.82) is 10.5 Å². The van der Waals surface area contributed by atoms with E-state index >= 15 is 0 Å². The van der Waals surface area contributed by atoms with Gasteiger partial charge in [0.05, 0.1) is 35.1 Å². The summed E-state index contributed by atoms with van der Waals surface area (Å²) in [5.74, 6) is 0.299. The number of allylic oxidation sites excluding steroid dienone is 7. The summed E-state index contributed by atoms with van der Waals surface area (Å²) in [5.41, 5.74) is 9.62. The van der Waals surface area contributed by atoms with Crippen molar-refractivity contribution in [2.45, 2.75) is 43.4 Å². The van der Waals surface area contributed by atoms with Crippen molar-refractivity contribution >= 4 is 58.2 Å². The molecule has 0 bridgehead atoms. The molecule has 0 fully saturated rings. The molecule has 40 heavy (non-hydrogen) atoms. The zero-order valence-corrected chi connectivity index (χ0v) is 25.4. The molecule has 2 aromatic rings. The number of hydrogen-bond donors (Lipinski definition) is 1. The lowest BCUT2D eigenvalue weighted by molar-refractivity contribution is -0.420. The first-order valence-corrected chi connectivity index (χ1v) is 15.6. The van der Waals surface area contributed by atoms with E-state index in [2.05, 4.69) is 47.9 Å². The highest BCUT2D eigenvalue weighted by atomic mass is 32.2. The van der Waals surface area contributed by atoms with E-state index in [0.717, 1.165) is 50.7 Å². The van der Waals surface area contributed by atoms with Gasteiger partial charge in [-0.15, -0.1) is 11.8 Å². The van der Waals surface area contributed by atoms with Crippen molar-refractivity contribution in [1.82, 2.24) is 8.75 Å².